The number of pyridine rings is 1. The summed E-state index contributed by atoms with van der Waals surface area (Å²) < 4.78 is 0. The standard InChI is InChI=1S/C20H23N3.C5H11NO/c1-15-12-17-13-16(8-9-20(17)21-15)19-7-5-6-18(22-19)14-23-10-3-2-4-11-23;7-4-5-2-1-3-6-5/h5-9,12-13,21H,2-4,10-11,14H2,1H3;5-7H,1-4H2. The third-order valence-electron chi connectivity index (χ3n) is 6.07. The van der Waals surface area contributed by atoms with Crippen LogP contribution >= 0.6 is 0 Å². The van der Waals surface area contributed by atoms with E-state index in [0.29, 0.717) is 12.6 Å². The molecule has 160 valence electrons. The number of rotatable bonds is 4. The smallest absolute Gasteiger partial charge is 0.0706 e. The van der Waals surface area contributed by atoms with E-state index in [0.717, 1.165) is 25.2 Å². The van der Waals surface area contributed by atoms with Crippen LogP contribution in [0.1, 0.15) is 43.5 Å². The number of H-pyrrole nitrogens is 1. The molecule has 1 unspecified atom stereocenters. The molecule has 0 saturated carbocycles. The maximum atomic E-state index is 8.50. The van der Waals surface area contributed by atoms with Gasteiger partial charge in [0, 0.05) is 34.7 Å². The van der Waals surface area contributed by atoms with E-state index in [2.05, 4.69) is 64.6 Å². The first kappa shape index (κ1) is 21.0. The van der Waals surface area contributed by atoms with Crippen LogP contribution in [0.15, 0.2) is 42.5 Å². The highest BCUT2D eigenvalue weighted by Gasteiger charge is 2.12. The molecule has 3 N–H and O–H groups in total. The van der Waals surface area contributed by atoms with Crippen LogP contribution in [0.2, 0.25) is 0 Å². The van der Waals surface area contributed by atoms with Crippen molar-refractivity contribution >= 4 is 10.9 Å². The van der Waals surface area contributed by atoms with E-state index < -0.39 is 0 Å². The van der Waals surface area contributed by atoms with E-state index in [1.165, 1.54) is 66.6 Å². The number of aromatic amines is 1. The Hall–Kier alpha value is -2.21. The third-order valence-corrected chi connectivity index (χ3v) is 6.07. The summed E-state index contributed by atoms with van der Waals surface area (Å²) in [5.74, 6) is 0. The Bertz CT molecular complexity index is 939. The van der Waals surface area contributed by atoms with Crippen LogP contribution < -0.4 is 5.32 Å². The lowest BCUT2D eigenvalue weighted by Crippen LogP contribution is -2.29. The molecule has 2 aliphatic heterocycles. The van der Waals surface area contributed by atoms with Crippen molar-refractivity contribution in [3.05, 3.63) is 53.9 Å². The fraction of sp³-hybridized carbons (Fsp3) is 0.480. The monoisotopic (exact) mass is 406 g/mol. The number of piperidine rings is 1. The molecule has 0 aliphatic carbocycles. The van der Waals surface area contributed by atoms with Crippen molar-refractivity contribution in [1.82, 2.24) is 20.2 Å². The Morgan fingerprint density at radius 1 is 1.07 bits per heavy atom. The largest absolute Gasteiger partial charge is 0.395 e. The van der Waals surface area contributed by atoms with Crippen LogP contribution in [0.4, 0.5) is 0 Å². The number of hydrogen-bond donors (Lipinski definition) is 3. The molecule has 5 nitrogen and oxygen atoms in total. The highest BCUT2D eigenvalue weighted by molar-refractivity contribution is 5.85. The van der Waals surface area contributed by atoms with Crippen LogP contribution in [-0.4, -0.2) is 52.3 Å². The van der Waals surface area contributed by atoms with Crippen LogP contribution in [-0.2, 0) is 6.54 Å². The zero-order valence-electron chi connectivity index (χ0n) is 18.0. The molecule has 0 bridgehead atoms. The number of aliphatic hydroxyl groups is 1. The van der Waals surface area contributed by atoms with Gasteiger partial charge in [0.1, 0.15) is 0 Å². The van der Waals surface area contributed by atoms with E-state index in [-0.39, 0.29) is 0 Å². The molecular formula is C25H34N4O. The van der Waals surface area contributed by atoms with Gasteiger partial charge in [0.25, 0.3) is 0 Å². The summed E-state index contributed by atoms with van der Waals surface area (Å²) >= 11 is 0. The average molecular weight is 407 g/mol. The summed E-state index contributed by atoms with van der Waals surface area (Å²) in [6.07, 6.45) is 6.40. The number of aliphatic hydroxyl groups excluding tert-OH is 1. The second-order valence-electron chi connectivity index (χ2n) is 8.58. The van der Waals surface area contributed by atoms with Gasteiger partial charge >= 0.3 is 0 Å². The summed E-state index contributed by atoms with van der Waals surface area (Å²) in [7, 11) is 0. The Morgan fingerprint density at radius 2 is 1.93 bits per heavy atom. The summed E-state index contributed by atoms with van der Waals surface area (Å²) in [5.41, 5.74) is 5.83. The lowest BCUT2D eigenvalue weighted by molar-refractivity contribution is 0.218. The quantitative estimate of drug-likeness (QED) is 0.606. The fourth-order valence-corrected chi connectivity index (χ4v) is 4.42. The molecule has 1 atom stereocenters. The summed E-state index contributed by atoms with van der Waals surface area (Å²) in [4.78, 5) is 10.8. The minimum atomic E-state index is 0.306. The Labute approximate surface area is 179 Å². The molecule has 0 radical (unpaired) electrons. The molecule has 1 aromatic carbocycles. The number of fused-ring (bicyclic) bond motifs is 1. The molecule has 2 fully saturated rings. The number of aryl methyl sites for hydroxylation is 1. The first-order valence-electron chi connectivity index (χ1n) is 11.3. The normalized spacial score (nSPS) is 19.6. The molecule has 0 amide bonds. The van der Waals surface area contributed by atoms with Crippen LogP contribution in [0.3, 0.4) is 0 Å². The minimum absolute atomic E-state index is 0.306. The zero-order valence-corrected chi connectivity index (χ0v) is 18.0. The highest BCUT2D eigenvalue weighted by atomic mass is 16.3. The van der Waals surface area contributed by atoms with Gasteiger partial charge in [0.15, 0.2) is 0 Å². The van der Waals surface area contributed by atoms with Crippen LogP contribution in [0.25, 0.3) is 22.2 Å². The fourth-order valence-electron chi connectivity index (χ4n) is 4.42. The van der Waals surface area contributed by atoms with E-state index >= 15 is 0 Å². The summed E-state index contributed by atoms with van der Waals surface area (Å²) in [5, 5.41) is 12.9. The topological polar surface area (TPSA) is 64.2 Å². The first-order chi connectivity index (χ1) is 14.7. The van der Waals surface area contributed by atoms with E-state index in [1.54, 1.807) is 0 Å². The maximum Gasteiger partial charge on any atom is 0.0706 e. The van der Waals surface area contributed by atoms with Gasteiger partial charge in [-0.25, -0.2) is 0 Å². The zero-order chi connectivity index (χ0) is 20.8. The highest BCUT2D eigenvalue weighted by Crippen LogP contribution is 2.24. The van der Waals surface area contributed by atoms with E-state index in [9.17, 15) is 0 Å². The SMILES string of the molecule is Cc1cc2cc(-c3cccc(CN4CCCCC4)n3)ccc2[nH]1.OCC1CCCN1. The second-order valence-corrected chi connectivity index (χ2v) is 8.58. The van der Waals surface area contributed by atoms with Gasteiger partial charge in [-0.3, -0.25) is 9.88 Å². The molecule has 5 rings (SSSR count). The van der Waals surface area contributed by atoms with Crippen molar-refractivity contribution in [2.45, 2.75) is 51.6 Å². The van der Waals surface area contributed by atoms with Gasteiger partial charge in [-0.15, -0.1) is 0 Å². The van der Waals surface area contributed by atoms with Gasteiger partial charge in [0.2, 0.25) is 0 Å². The summed E-state index contributed by atoms with van der Waals surface area (Å²) in [6.45, 7) is 6.88. The Kier molecular flexibility index (Phi) is 7.16. The van der Waals surface area contributed by atoms with Crippen LogP contribution in [0.5, 0.6) is 0 Å². The lowest BCUT2D eigenvalue weighted by atomic mass is 10.1. The van der Waals surface area contributed by atoms with Gasteiger partial charge in [0.05, 0.1) is 18.0 Å². The number of nitrogens with one attached hydrogen (secondary N) is 2. The second kappa shape index (κ2) is 10.2. The van der Waals surface area contributed by atoms with Crippen LogP contribution in [0, 0.1) is 6.92 Å². The number of benzene rings is 1. The van der Waals surface area contributed by atoms with Crippen molar-refractivity contribution in [2.75, 3.05) is 26.2 Å². The first-order valence-corrected chi connectivity index (χ1v) is 11.3. The number of aromatic nitrogens is 2. The number of likely N-dealkylation sites (tertiary alicyclic amines) is 1. The van der Waals surface area contributed by atoms with Crippen molar-refractivity contribution in [2.24, 2.45) is 0 Å². The van der Waals surface area contributed by atoms with E-state index in [4.69, 9.17) is 10.1 Å². The third kappa shape index (κ3) is 5.48. The predicted molar refractivity (Wildman–Crippen MR) is 124 cm³/mol. The molecule has 30 heavy (non-hydrogen) atoms. The Morgan fingerprint density at radius 3 is 2.67 bits per heavy atom. The molecule has 4 heterocycles. The van der Waals surface area contributed by atoms with Crippen molar-refractivity contribution < 1.29 is 5.11 Å². The molecule has 2 aliphatic rings. The molecule has 2 saturated heterocycles. The number of hydrogen-bond acceptors (Lipinski definition) is 4. The maximum absolute atomic E-state index is 8.50. The van der Waals surface area contributed by atoms with Gasteiger partial charge in [-0.05, 0) is 82.6 Å². The van der Waals surface area contributed by atoms with Gasteiger partial charge in [-0.2, -0.15) is 0 Å². The lowest BCUT2D eigenvalue weighted by Gasteiger charge is -2.26. The molecule has 2 aromatic heterocycles. The van der Waals surface area contributed by atoms with Crippen molar-refractivity contribution in [3.63, 3.8) is 0 Å². The predicted octanol–water partition coefficient (Wildman–Crippen LogP) is 4.25. The van der Waals surface area contributed by atoms with Gasteiger partial charge in [-0.1, -0.05) is 18.6 Å². The van der Waals surface area contributed by atoms with E-state index in [1.807, 2.05) is 0 Å². The molecular weight excluding hydrogens is 372 g/mol. The molecule has 3 aromatic rings. The molecule has 5 heteroatoms. The van der Waals surface area contributed by atoms with Crippen molar-refractivity contribution in [1.29, 1.82) is 0 Å². The number of nitrogens with zero attached hydrogens (tertiary/aromatic N) is 2. The minimum Gasteiger partial charge on any atom is -0.395 e. The Balaban J connectivity index is 0.000000265. The van der Waals surface area contributed by atoms with Gasteiger partial charge < -0.3 is 15.4 Å². The molecule has 0 spiro atoms. The average Bonchev–Trinajstić information content (AvgIpc) is 3.43. The summed E-state index contributed by atoms with van der Waals surface area (Å²) in [6, 6.07) is 15.5. The van der Waals surface area contributed by atoms with Crippen molar-refractivity contribution in [3.8, 4) is 11.3 Å².